The second-order valence-electron chi connectivity index (χ2n) is 5.59. The lowest BCUT2D eigenvalue weighted by Crippen LogP contribution is -2.10. The minimum atomic E-state index is 0.147. The average molecular weight is 282 g/mol. The highest BCUT2D eigenvalue weighted by Crippen LogP contribution is 2.24. The molecular weight excluding hydrogens is 256 g/mol. The zero-order valence-corrected chi connectivity index (χ0v) is 13.4. The van der Waals surface area contributed by atoms with Crippen LogP contribution < -0.4 is 0 Å². The molecule has 0 N–H and O–H groups in total. The Balaban J connectivity index is 1.94. The van der Waals surface area contributed by atoms with Crippen LogP contribution in [0.3, 0.4) is 0 Å². The molecule has 2 unspecified atom stereocenters. The minimum absolute atomic E-state index is 0.147. The minimum Gasteiger partial charge on any atom is -0.373 e. The Morgan fingerprint density at radius 1 is 0.857 bits per heavy atom. The molecule has 0 heterocycles. The van der Waals surface area contributed by atoms with E-state index in [1.807, 2.05) is 0 Å². The van der Waals surface area contributed by atoms with Crippen LogP contribution in [0, 0.1) is 0 Å². The van der Waals surface area contributed by atoms with Gasteiger partial charge < -0.3 is 4.74 Å². The van der Waals surface area contributed by atoms with Crippen LogP contribution in [-0.4, -0.2) is 6.61 Å². The van der Waals surface area contributed by atoms with E-state index in [4.69, 9.17) is 4.74 Å². The van der Waals surface area contributed by atoms with Gasteiger partial charge in [-0.15, -0.1) is 0 Å². The lowest BCUT2D eigenvalue weighted by atomic mass is 9.97. The van der Waals surface area contributed by atoms with Crippen LogP contribution >= 0.6 is 0 Å². The average Bonchev–Trinajstić information content (AvgIpc) is 2.56. The molecule has 0 amide bonds. The Morgan fingerprint density at radius 2 is 1.52 bits per heavy atom. The molecule has 0 aliphatic rings. The molecule has 21 heavy (non-hydrogen) atoms. The van der Waals surface area contributed by atoms with E-state index >= 15 is 0 Å². The second-order valence-corrected chi connectivity index (χ2v) is 5.59. The first-order valence-corrected chi connectivity index (χ1v) is 8.00. The summed E-state index contributed by atoms with van der Waals surface area (Å²) in [4.78, 5) is 0. The van der Waals surface area contributed by atoms with Gasteiger partial charge in [-0.05, 0) is 36.5 Å². The van der Waals surface area contributed by atoms with Crippen LogP contribution in [0.2, 0.25) is 0 Å². The predicted molar refractivity (Wildman–Crippen MR) is 89.7 cm³/mol. The Hall–Kier alpha value is -1.60. The van der Waals surface area contributed by atoms with Crippen molar-refractivity contribution in [3.05, 3.63) is 71.3 Å². The van der Waals surface area contributed by atoms with Crippen molar-refractivity contribution < 1.29 is 4.74 Å². The van der Waals surface area contributed by atoms with Gasteiger partial charge in [0.25, 0.3) is 0 Å². The maximum Gasteiger partial charge on any atom is 0.0797 e. The molecule has 0 saturated heterocycles. The van der Waals surface area contributed by atoms with Crippen molar-refractivity contribution >= 4 is 0 Å². The van der Waals surface area contributed by atoms with Crippen molar-refractivity contribution in [1.82, 2.24) is 0 Å². The summed E-state index contributed by atoms with van der Waals surface area (Å²) in [7, 11) is 0. The highest BCUT2D eigenvalue weighted by atomic mass is 16.5. The summed E-state index contributed by atoms with van der Waals surface area (Å²) < 4.78 is 6.11. The van der Waals surface area contributed by atoms with Gasteiger partial charge in [-0.3, -0.25) is 0 Å². The van der Waals surface area contributed by atoms with E-state index in [-0.39, 0.29) is 6.10 Å². The molecule has 0 spiro atoms. The Labute approximate surface area is 129 Å². The van der Waals surface area contributed by atoms with Gasteiger partial charge in [0.2, 0.25) is 0 Å². The predicted octanol–water partition coefficient (Wildman–Crippen LogP) is 5.52. The van der Waals surface area contributed by atoms with Crippen LogP contribution in [0.1, 0.15) is 55.9 Å². The quantitative estimate of drug-likeness (QED) is 0.649. The molecule has 0 saturated carbocycles. The molecule has 0 fully saturated rings. The van der Waals surface area contributed by atoms with Crippen LogP contribution in [0.25, 0.3) is 0 Å². The van der Waals surface area contributed by atoms with Gasteiger partial charge in [-0.25, -0.2) is 0 Å². The van der Waals surface area contributed by atoms with E-state index in [1.165, 1.54) is 16.7 Å². The maximum absolute atomic E-state index is 6.11. The first kappa shape index (κ1) is 15.8. The number of hydrogen-bond donors (Lipinski definition) is 0. The van der Waals surface area contributed by atoms with Crippen molar-refractivity contribution in [3.8, 4) is 0 Å². The molecule has 0 radical (unpaired) electrons. The SMILES string of the molecule is CCc1ccc(C(C)OCC(CC)c2ccccc2)cc1. The lowest BCUT2D eigenvalue weighted by molar-refractivity contribution is 0.0540. The molecule has 2 rings (SSSR count). The molecule has 0 aromatic heterocycles. The summed E-state index contributed by atoms with van der Waals surface area (Å²) in [5.74, 6) is 0.476. The Bertz CT molecular complexity index is 515. The van der Waals surface area contributed by atoms with E-state index in [2.05, 4.69) is 75.4 Å². The van der Waals surface area contributed by atoms with Crippen molar-refractivity contribution in [2.24, 2.45) is 0 Å². The van der Waals surface area contributed by atoms with Gasteiger partial charge in [0, 0.05) is 5.92 Å². The third-order valence-electron chi connectivity index (χ3n) is 4.17. The standard InChI is InChI=1S/C20H26O/c1-4-17-11-13-19(14-12-17)16(3)21-15-18(5-2)20-9-7-6-8-10-20/h6-14,16,18H,4-5,15H2,1-3H3. The molecule has 2 aromatic rings. The van der Waals surface area contributed by atoms with E-state index in [1.54, 1.807) is 0 Å². The molecule has 112 valence electrons. The third-order valence-corrected chi connectivity index (χ3v) is 4.17. The monoisotopic (exact) mass is 282 g/mol. The highest BCUT2D eigenvalue weighted by molar-refractivity contribution is 5.24. The van der Waals surface area contributed by atoms with Crippen LogP contribution in [0.5, 0.6) is 0 Å². The normalized spacial score (nSPS) is 13.9. The fourth-order valence-electron chi connectivity index (χ4n) is 2.56. The Kier molecular flexibility index (Phi) is 6.01. The smallest absolute Gasteiger partial charge is 0.0797 e. The van der Waals surface area contributed by atoms with E-state index in [0.29, 0.717) is 5.92 Å². The van der Waals surface area contributed by atoms with Crippen molar-refractivity contribution in [1.29, 1.82) is 0 Å². The number of aryl methyl sites for hydroxylation is 1. The van der Waals surface area contributed by atoms with Crippen LogP contribution in [0.15, 0.2) is 54.6 Å². The fraction of sp³-hybridized carbons (Fsp3) is 0.400. The fourth-order valence-corrected chi connectivity index (χ4v) is 2.56. The topological polar surface area (TPSA) is 9.23 Å². The van der Waals surface area contributed by atoms with Gasteiger partial charge in [0.15, 0.2) is 0 Å². The summed E-state index contributed by atoms with van der Waals surface area (Å²) in [6.45, 7) is 7.32. The summed E-state index contributed by atoms with van der Waals surface area (Å²) in [6.07, 6.45) is 2.33. The highest BCUT2D eigenvalue weighted by Gasteiger charge is 2.12. The van der Waals surface area contributed by atoms with Crippen LogP contribution in [-0.2, 0) is 11.2 Å². The molecule has 0 aliphatic heterocycles. The largest absolute Gasteiger partial charge is 0.373 e. The van der Waals surface area contributed by atoms with Crippen molar-refractivity contribution in [3.63, 3.8) is 0 Å². The first-order chi connectivity index (χ1) is 10.2. The van der Waals surface area contributed by atoms with E-state index in [0.717, 1.165) is 19.4 Å². The molecule has 0 bridgehead atoms. The summed E-state index contributed by atoms with van der Waals surface area (Å²) in [5, 5.41) is 0. The molecule has 0 aliphatic carbocycles. The number of rotatable bonds is 7. The summed E-state index contributed by atoms with van der Waals surface area (Å²) in [6, 6.07) is 19.4. The summed E-state index contributed by atoms with van der Waals surface area (Å²) in [5.41, 5.74) is 4.00. The number of benzene rings is 2. The van der Waals surface area contributed by atoms with Crippen LogP contribution in [0.4, 0.5) is 0 Å². The lowest BCUT2D eigenvalue weighted by Gasteiger charge is -2.20. The zero-order chi connectivity index (χ0) is 15.1. The van der Waals surface area contributed by atoms with Gasteiger partial charge in [-0.1, -0.05) is 68.4 Å². The maximum atomic E-state index is 6.11. The molecule has 2 atom stereocenters. The third kappa shape index (κ3) is 4.44. The summed E-state index contributed by atoms with van der Waals surface area (Å²) >= 11 is 0. The zero-order valence-electron chi connectivity index (χ0n) is 13.4. The van der Waals surface area contributed by atoms with E-state index < -0.39 is 0 Å². The van der Waals surface area contributed by atoms with Gasteiger partial charge in [-0.2, -0.15) is 0 Å². The number of ether oxygens (including phenoxy) is 1. The van der Waals surface area contributed by atoms with Crippen molar-refractivity contribution in [2.75, 3.05) is 6.61 Å². The van der Waals surface area contributed by atoms with Gasteiger partial charge in [0.1, 0.15) is 0 Å². The number of hydrogen-bond acceptors (Lipinski definition) is 1. The van der Waals surface area contributed by atoms with E-state index in [9.17, 15) is 0 Å². The molecule has 1 heteroatoms. The first-order valence-electron chi connectivity index (χ1n) is 8.00. The van der Waals surface area contributed by atoms with Gasteiger partial charge in [0.05, 0.1) is 12.7 Å². The molecule has 1 nitrogen and oxygen atoms in total. The van der Waals surface area contributed by atoms with Gasteiger partial charge >= 0.3 is 0 Å². The Morgan fingerprint density at radius 3 is 2.10 bits per heavy atom. The van der Waals surface area contributed by atoms with Crippen molar-refractivity contribution in [2.45, 2.75) is 45.6 Å². The molecule has 2 aromatic carbocycles. The second kappa shape index (κ2) is 7.99. The molecular formula is C20H26O.